The Morgan fingerprint density at radius 2 is 2.00 bits per heavy atom. The summed E-state index contributed by atoms with van der Waals surface area (Å²) in [6.45, 7) is 3.10. The number of fused-ring (bicyclic) bond motifs is 1. The van der Waals surface area contributed by atoms with Gasteiger partial charge in [0.1, 0.15) is 11.9 Å². The maximum atomic E-state index is 13.5. The molecule has 0 bridgehead atoms. The molecule has 210 valence electrons. The minimum atomic E-state index is -0.763. The SMILES string of the molecule is COc1cc(C(CO)NC(=O)C(C)N2Cc3ccc(-c4cc(NC5CCOCC5)ncc4Cl)cc3C2=O)ccn1. The Balaban J connectivity index is 1.30. The molecule has 0 aliphatic carbocycles. The molecule has 10 nitrogen and oxygen atoms in total. The Kier molecular flexibility index (Phi) is 8.49. The van der Waals surface area contributed by atoms with Gasteiger partial charge in [-0.25, -0.2) is 9.97 Å². The number of ether oxygens (including phenoxy) is 2. The smallest absolute Gasteiger partial charge is 0.255 e. The number of hydrogen-bond donors (Lipinski definition) is 3. The predicted molar refractivity (Wildman–Crippen MR) is 150 cm³/mol. The maximum Gasteiger partial charge on any atom is 0.255 e. The number of carbonyl (C=O) groups excluding carboxylic acids is 2. The fourth-order valence-electron chi connectivity index (χ4n) is 5.02. The highest BCUT2D eigenvalue weighted by Gasteiger charge is 2.35. The van der Waals surface area contributed by atoms with Crippen LogP contribution in [-0.4, -0.2) is 70.8 Å². The van der Waals surface area contributed by atoms with Gasteiger partial charge in [0.15, 0.2) is 0 Å². The molecule has 2 atom stereocenters. The van der Waals surface area contributed by atoms with Gasteiger partial charge in [0, 0.05) is 55.4 Å². The van der Waals surface area contributed by atoms with Crippen LogP contribution >= 0.6 is 11.6 Å². The molecule has 3 N–H and O–H groups in total. The van der Waals surface area contributed by atoms with Crippen LogP contribution in [-0.2, 0) is 16.1 Å². The van der Waals surface area contributed by atoms with Gasteiger partial charge in [0.2, 0.25) is 11.8 Å². The third kappa shape index (κ3) is 5.89. The first kappa shape index (κ1) is 27.8. The highest BCUT2D eigenvalue weighted by Crippen LogP contribution is 2.34. The van der Waals surface area contributed by atoms with E-state index >= 15 is 0 Å². The van der Waals surface area contributed by atoms with Gasteiger partial charge in [-0.1, -0.05) is 23.7 Å². The van der Waals surface area contributed by atoms with Crippen molar-refractivity contribution < 1.29 is 24.2 Å². The Morgan fingerprint density at radius 3 is 2.75 bits per heavy atom. The van der Waals surface area contributed by atoms with E-state index in [0.717, 1.165) is 48.6 Å². The molecule has 1 saturated heterocycles. The first-order chi connectivity index (χ1) is 19.4. The number of aliphatic hydroxyl groups excluding tert-OH is 1. The van der Waals surface area contributed by atoms with Crippen LogP contribution in [0.15, 0.2) is 48.8 Å². The third-order valence-electron chi connectivity index (χ3n) is 7.40. The molecular weight excluding hydrogens is 534 g/mol. The van der Waals surface area contributed by atoms with Crippen molar-refractivity contribution in [3.05, 3.63) is 70.5 Å². The molecule has 11 heteroatoms. The van der Waals surface area contributed by atoms with Crippen molar-refractivity contribution >= 4 is 29.2 Å². The molecule has 3 aromatic rings. The van der Waals surface area contributed by atoms with Crippen molar-refractivity contribution in [1.29, 1.82) is 0 Å². The number of pyridine rings is 2. The van der Waals surface area contributed by atoms with Crippen LogP contribution in [0, 0.1) is 0 Å². The summed E-state index contributed by atoms with van der Waals surface area (Å²) in [5.74, 6) is 0.476. The molecule has 2 unspecified atom stereocenters. The summed E-state index contributed by atoms with van der Waals surface area (Å²) < 4.78 is 10.6. The van der Waals surface area contributed by atoms with E-state index in [9.17, 15) is 14.7 Å². The van der Waals surface area contributed by atoms with Crippen molar-refractivity contribution in [1.82, 2.24) is 20.2 Å². The minimum absolute atomic E-state index is 0.239. The second kappa shape index (κ2) is 12.2. The standard InChI is InChI=1S/C29H32ClN5O5/c1-17(28(37)34-25(16-36)19-5-8-31-27(12-19)39-2)35-15-20-4-3-18(11-23(20)29(35)38)22-13-26(32-14-24(22)30)33-21-6-9-40-10-7-21/h3-5,8,11-14,17,21,25,36H,6-7,9-10,15-16H2,1-2H3,(H,32,33)(H,34,37). The van der Waals surface area contributed by atoms with Gasteiger partial charge in [-0.2, -0.15) is 0 Å². The molecule has 40 heavy (non-hydrogen) atoms. The lowest BCUT2D eigenvalue weighted by Crippen LogP contribution is -2.46. The van der Waals surface area contributed by atoms with Crippen LogP contribution in [0.3, 0.4) is 0 Å². The minimum Gasteiger partial charge on any atom is -0.481 e. The van der Waals surface area contributed by atoms with Gasteiger partial charge in [0.05, 0.1) is 24.8 Å². The first-order valence-electron chi connectivity index (χ1n) is 13.2. The number of nitrogens with one attached hydrogen (secondary N) is 2. The molecule has 2 aliphatic rings. The van der Waals surface area contributed by atoms with Gasteiger partial charge >= 0.3 is 0 Å². The van der Waals surface area contributed by atoms with Crippen molar-refractivity contribution in [3.63, 3.8) is 0 Å². The number of anilines is 1. The van der Waals surface area contributed by atoms with Crippen LogP contribution in [0.4, 0.5) is 5.82 Å². The number of nitrogens with zero attached hydrogens (tertiary/aromatic N) is 3. The monoisotopic (exact) mass is 565 g/mol. The van der Waals surface area contributed by atoms with Crippen LogP contribution in [0.2, 0.25) is 5.02 Å². The summed E-state index contributed by atoms with van der Waals surface area (Å²) in [6, 6.07) is 9.74. The van der Waals surface area contributed by atoms with Crippen LogP contribution < -0.4 is 15.4 Å². The second-order valence-electron chi connectivity index (χ2n) is 9.94. The lowest BCUT2D eigenvalue weighted by molar-refractivity contribution is -0.126. The topological polar surface area (TPSA) is 126 Å². The molecule has 2 aliphatic heterocycles. The van der Waals surface area contributed by atoms with Crippen molar-refractivity contribution in [2.75, 3.05) is 32.2 Å². The van der Waals surface area contributed by atoms with Crippen LogP contribution in [0.5, 0.6) is 5.88 Å². The molecular formula is C29H32ClN5O5. The zero-order valence-corrected chi connectivity index (χ0v) is 23.1. The molecule has 1 fully saturated rings. The molecule has 4 heterocycles. The van der Waals surface area contributed by atoms with E-state index in [1.807, 2.05) is 24.3 Å². The Bertz CT molecular complexity index is 1400. The van der Waals surface area contributed by atoms with Gasteiger partial charge in [-0.3, -0.25) is 9.59 Å². The van der Waals surface area contributed by atoms with E-state index in [-0.39, 0.29) is 24.5 Å². The van der Waals surface area contributed by atoms with Crippen molar-refractivity contribution in [2.24, 2.45) is 0 Å². The fraction of sp³-hybridized carbons (Fsp3) is 0.379. The number of amides is 2. The number of benzene rings is 1. The van der Waals surface area contributed by atoms with Gasteiger partial charge in [0.25, 0.3) is 5.91 Å². The number of carbonyl (C=O) groups is 2. The highest BCUT2D eigenvalue weighted by atomic mass is 35.5. The quantitative estimate of drug-likeness (QED) is 0.359. The summed E-state index contributed by atoms with van der Waals surface area (Å²) in [6.07, 6.45) is 4.97. The predicted octanol–water partition coefficient (Wildman–Crippen LogP) is 3.59. The largest absolute Gasteiger partial charge is 0.481 e. The van der Waals surface area contributed by atoms with Crippen LogP contribution in [0.25, 0.3) is 11.1 Å². The average molecular weight is 566 g/mol. The molecule has 2 aromatic heterocycles. The Labute approximate surface area is 237 Å². The Hall–Kier alpha value is -3.73. The van der Waals surface area contributed by atoms with E-state index in [2.05, 4.69) is 20.6 Å². The molecule has 1 aromatic carbocycles. The van der Waals surface area contributed by atoms with Gasteiger partial charge in [-0.15, -0.1) is 0 Å². The van der Waals surface area contributed by atoms with Gasteiger partial charge < -0.3 is 30.1 Å². The molecule has 0 spiro atoms. The summed E-state index contributed by atoms with van der Waals surface area (Å²) >= 11 is 6.52. The van der Waals surface area contributed by atoms with E-state index < -0.39 is 12.1 Å². The third-order valence-corrected chi connectivity index (χ3v) is 7.70. The van der Waals surface area contributed by atoms with Gasteiger partial charge in [-0.05, 0) is 54.7 Å². The fourth-order valence-corrected chi connectivity index (χ4v) is 5.23. The lowest BCUT2D eigenvalue weighted by atomic mass is 10.0. The van der Waals surface area contributed by atoms with Crippen molar-refractivity contribution in [2.45, 2.75) is 44.4 Å². The lowest BCUT2D eigenvalue weighted by Gasteiger charge is -2.26. The molecule has 5 rings (SSSR count). The van der Waals surface area contributed by atoms with E-state index in [4.69, 9.17) is 21.1 Å². The Morgan fingerprint density at radius 1 is 1.20 bits per heavy atom. The number of halogens is 1. The molecule has 0 radical (unpaired) electrons. The van der Waals surface area contributed by atoms with E-state index in [1.165, 1.54) is 12.0 Å². The summed E-state index contributed by atoms with van der Waals surface area (Å²) in [5.41, 5.74) is 3.57. The number of hydrogen-bond acceptors (Lipinski definition) is 8. The zero-order valence-electron chi connectivity index (χ0n) is 22.4. The summed E-state index contributed by atoms with van der Waals surface area (Å²) in [7, 11) is 1.49. The van der Waals surface area contributed by atoms with Crippen LogP contribution in [0.1, 0.15) is 47.3 Å². The summed E-state index contributed by atoms with van der Waals surface area (Å²) in [4.78, 5) is 36.6. The number of methoxy groups -OCH3 is 1. The number of rotatable bonds is 9. The number of aromatic nitrogens is 2. The normalized spacial score (nSPS) is 16.8. The zero-order chi connectivity index (χ0) is 28.2. The van der Waals surface area contributed by atoms with Crippen molar-refractivity contribution in [3.8, 4) is 17.0 Å². The molecule has 0 saturated carbocycles. The maximum absolute atomic E-state index is 13.5. The first-order valence-corrected chi connectivity index (χ1v) is 13.6. The van der Waals surface area contributed by atoms with E-state index in [0.29, 0.717) is 28.6 Å². The highest BCUT2D eigenvalue weighted by molar-refractivity contribution is 6.33. The second-order valence-corrected chi connectivity index (χ2v) is 10.3. The molecule has 2 amide bonds. The summed E-state index contributed by atoms with van der Waals surface area (Å²) in [5, 5.41) is 16.7. The van der Waals surface area contributed by atoms with E-state index in [1.54, 1.807) is 31.5 Å². The average Bonchev–Trinajstić information content (AvgIpc) is 3.32. The number of aliphatic hydroxyl groups is 1.